The van der Waals surface area contributed by atoms with Gasteiger partial charge in [-0.25, -0.2) is 0 Å². The highest BCUT2D eigenvalue weighted by atomic mass is 16.3. The van der Waals surface area contributed by atoms with Gasteiger partial charge in [-0.3, -0.25) is 0 Å². The van der Waals surface area contributed by atoms with E-state index in [0.717, 1.165) is 25.7 Å². The summed E-state index contributed by atoms with van der Waals surface area (Å²) in [6.07, 6.45) is 8.15. The van der Waals surface area contributed by atoms with E-state index in [9.17, 15) is 25.5 Å². The summed E-state index contributed by atoms with van der Waals surface area (Å²) in [5.74, 6) is 0.614. The first-order valence-electron chi connectivity index (χ1n) is 12.6. The summed E-state index contributed by atoms with van der Waals surface area (Å²) in [5, 5.41) is 53.3. The Morgan fingerprint density at radius 2 is 1.78 bits per heavy atom. The van der Waals surface area contributed by atoms with E-state index in [1.165, 1.54) is 11.1 Å². The third-order valence-corrected chi connectivity index (χ3v) is 9.97. The van der Waals surface area contributed by atoms with Crippen LogP contribution in [0.5, 0.6) is 0 Å². The lowest BCUT2D eigenvalue weighted by Crippen LogP contribution is -2.53. The molecule has 5 heteroatoms. The van der Waals surface area contributed by atoms with Gasteiger partial charge < -0.3 is 25.5 Å². The number of rotatable bonds is 5. The van der Waals surface area contributed by atoms with Crippen LogP contribution >= 0.6 is 0 Å². The van der Waals surface area contributed by atoms with Crippen molar-refractivity contribution in [2.75, 3.05) is 0 Å². The average molecular weight is 449 g/mol. The number of aliphatic hydroxyl groups excluding tert-OH is 3. The Kier molecular flexibility index (Phi) is 6.03. The highest BCUT2D eigenvalue weighted by Gasteiger charge is 2.59. The third-order valence-electron chi connectivity index (χ3n) is 9.97. The van der Waals surface area contributed by atoms with E-state index in [4.69, 9.17) is 0 Å². The molecule has 0 saturated heterocycles. The molecule has 4 aliphatic carbocycles. The number of hydrogen-bond donors (Lipinski definition) is 5. The number of fused-ring (bicyclic) bond motifs is 4. The number of hydrogen-bond acceptors (Lipinski definition) is 5. The summed E-state index contributed by atoms with van der Waals surface area (Å²) in [7, 11) is 0. The molecule has 4 aliphatic rings. The molecule has 0 aliphatic heterocycles. The zero-order chi connectivity index (χ0) is 23.7. The van der Waals surface area contributed by atoms with Gasteiger partial charge in [-0.2, -0.15) is 0 Å². The lowest BCUT2D eigenvalue weighted by molar-refractivity contribution is -0.133. The second-order valence-electron chi connectivity index (χ2n) is 12.7. The van der Waals surface area contributed by atoms with E-state index < -0.39 is 29.5 Å². The molecule has 0 heterocycles. The zero-order valence-electron chi connectivity index (χ0n) is 20.5. The molecule has 0 amide bonds. The smallest absolute Gasteiger partial charge is 0.0913 e. The van der Waals surface area contributed by atoms with E-state index >= 15 is 0 Å². The highest BCUT2D eigenvalue weighted by Crippen LogP contribution is 2.65. The molecule has 2 saturated carbocycles. The Bertz CT molecular complexity index is 792. The maximum atomic E-state index is 11.5. The minimum absolute atomic E-state index is 0.0343. The standard InChI is InChI=1S/C27H44O5/c1-24(2,31)12-11-23(30)27(5,32)22-9-8-18-17-7-6-16-14-20(28)21(29)15-26(16,4)19(17)10-13-25(18,22)3/h6-7,16,19-23,28-32H,8-15H2,1-5H3/t16-,19+,20-,21+,22+,23+,25+,26+,27-/m1/s1. The molecule has 0 aromatic carbocycles. The van der Waals surface area contributed by atoms with Crippen LogP contribution in [0.1, 0.15) is 86.0 Å². The van der Waals surface area contributed by atoms with Crippen molar-refractivity contribution in [1.29, 1.82) is 0 Å². The van der Waals surface area contributed by atoms with Gasteiger partial charge in [0.05, 0.1) is 29.5 Å². The second-order valence-corrected chi connectivity index (χ2v) is 12.7. The van der Waals surface area contributed by atoms with Crippen LogP contribution in [-0.4, -0.2) is 55.0 Å². The van der Waals surface area contributed by atoms with Gasteiger partial charge in [0.25, 0.3) is 0 Å². The zero-order valence-corrected chi connectivity index (χ0v) is 20.5. The summed E-state index contributed by atoms with van der Waals surface area (Å²) in [5.41, 5.74) is 0.509. The second kappa shape index (κ2) is 7.91. The Morgan fingerprint density at radius 1 is 1.09 bits per heavy atom. The van der Waals surface area contributed by atoms with Crippen molar-refractivity contribution < 1.29 is 25.5 Å². The maximum Gasteiger partial charge on any atom is 0.0913 e. The van der Waals surface area contributed by atoms with Crippen molar-refractivity contribution in [2.24, 2.45) is 28.6 Å². The van der Waals surface area contributed by atoms with Gasteiger partial charge in [0.2, 0.25) is 0 Å². The van der Waals surface area contributed by atoms with Crippen LogP contribution in [-0.2, 0) is 0 Å². The van der Waals surface area contributed by atoms with Gasteiger partial charge in [0.1, 0.15) is 0 Å². The molecule has 5 nitrogen and oxygen atoms in total. The number of allylic oxidation sites excluding steroid dienone is 4. The van der Waals surface area contributed by atoms with Crippen LogP contribution in [0.2, 0.25) is 0 Å². The molecule has 0 spiro atoms. The monoisotopic (exact) mass is 448 g/mol. The van der Waals surface area contributed by atoms with Crippen LogP contribution in [0.3, 0.4) is 0 Å². The molecule has 4 rings (SSSR count). The van der Waals surface area contributed by atoms with Crippen molar-refractivity contribution in [3.8, 4) is 0 Å². The molecule has 0 radical (unpaired) electrons. The summed E-state index contributed by atoms with van der Waals surface area (Å²) in [4.78, 5) is 0. The summed E-state index contributed by atoms with van der Waals surface area (Å²) >= 11 is 0. The van der Waals surface area contributed by atoms with Crippen molar-refractivity contribution >= 4 is 0 Å². The lowest BCUT2D eigenvalue weighted by atomic mass is 9.50. The summed E-state index contributed by atoms with van der Waals surface area (Å²) in [6, 6.07) is 0. The maximum absolute atomic E-state index is 11.5. The molecule has 2 fully saturated rings. The topological polar surface area (TPSA) is 101 Å². The van der Waals surface area contributed by atoms with E-state index in [2.05, 4.69) is 26.0 Å². The van der Waals surface area contributed by atoms with Crippen LogP contribution < -0.4 is 0 Å². The van der Waals surface area contributed by atoms with Gasteiger partial charge in [-0.05, 0) is 106 Å². The van der Waals surface area contributed by atoms with Crippen molar-refractivity contribution in [2.45, 2.75) is 115 Å². The molecular weight excluding hydrogens is 404 g/mol. The fraction of sp³-hybridized carbons (Fsp3) is 0.852. The van der Waals surface area contributed by atoms with Crippen LogP contribution in [0.4, 0.5) is 0 Å². The van der Waals surface area contributed by atoms with Crippen LogP contribution in [0.15, 0.2) is 23.3 Å². The van der Waals surface area contributed by atoms with Gasteiger partial charge in [0.15, 0.2) is 0 Å². The fourth-order valence-electron chi connectivity index (χ4n) is 7.91. The van der Waals surface area contributed by atoms with Crippen LogP contribution in [0, 0.1) is 28.6 Å². The minimum atomic E-state index is -1.22. The molecule has 9 atom stereocenters. The quantitative estimate of drug-likeness (QED) is 0.443. The van der Waals surface area contributed by atoms with E-state index in [0.29, 0.717) is 31.6 Å². The molecule has 0 aromatic heterocycles. The Balaban J connectivity index is 1.63. The van der Waals surface area contributed by atoms with E-state index in [1.54, 1.807) is 20.8 Å². The van der Waals surface area contributed by atoms with E-state index in [1.807, 2.05) is 0 Å². The largest absolute Gasteiger partial charge is 0.390 e. The predicted molar refractivity (Wildman–Crippen MR) is 125 cm³/mol. The molecular formula is C27H44O5. The fourth-order valence-corrected chi connectivity index (χ4v) is 7.91. The molecule has 5 N–H and O–H groups in total. The first kappa shape index (κ1) is 24.4. The van der Waals surface area contributed by atoms with Crippen molar-refractivity contribution in [3.63, 3.8) is 0 Å². The first-order chi connectivity index (χ1) is 14.7. The molecule has 182 valence electrons. The normalized spacial score (nSPS) is 44.5. The van der Waals surface area contributed by atoms with Crippen molar-refractivity contribution in [1.82, 2.24) is 0 Å². The average Bonchev–Trinajstić information content (AvgIpc) is 3.04. The number of aliphatic hydroxyl groups is 5. The van der Waals surface area contributed by atoms with E-state index in [-0.39, 0.29) is 22.7 Å². The lowest BCUT2D eigenvalue weighted by Gasteiger charge is -2.56. The SMILES string of the molecule is CC(C)(O)CC[C@H](O)[C@](C)(O)[C@H]1CCC2=C3C=C[C@@H]4C[C@@H](O)[C@@H](O)C[C@]4(C)[C@H]3CC[C@@]21C. The van der Waals surface area contributed by atoms with Gasteiger partial charge in [-0.15, -0.1) is 0 Å². The highest BCUT2D eigenvalue weighted by molar-refractivity contribution is 5.42. The Labute approximate surface area is 193 Å². The molecule has 32 heavy (non-hydrogen) atoms. The Hall–Kier alpha value is -0.720. The first-order valence-corrected chi connectivity index (χ1v) is 12.6. The minimum Gasteiger partial charge on any atom is -0.390 e. The van der Waals surface area contributed by atoms with Gasteiger partial charge in [0, 0.05) is 0 Å². The molecule has 0 bridgehead atoms. The Morgan fingerprint density at radius 3 is 2.44 bits per heavy atom. The van der Waals surface area contributed by atoms with Gasteiger partial charge >= 0.3 is 0 Å². The van der Waals surface area contributed by atoms with Crippen LogP contribution in [0.25, 0.3) is 0 Å². The third kappa shape index (κ3) is 3.82. The summed E-state index contributed by atoms with van der Waals surface area (Å²) < 4.78 is 0. The predicted octanol–water partition coefficient (Wildman–Crippen LogP) is 3.48. The summed E-state index contributed by atoms with van der Waals surface area (Å²) in [6.45, 7) is 9.80. The molecule has 0 aromatic rings. The van der Waals surface area contributed by atoms with Gasteiger partial charge in [-0.1, -0.05) is 31.6 Å². The van der Waals surface area contributed by atoms with Crippen molar-refractivity contribution in [3.05, 3.63) is 23.3 Å². The molecule has 0 unspecified atom stereocenters.